The van der Waals surface area contributed by atoms with Gasteiger partial charge in [0.2, 0.25) is 5.82 Å². The van der Waals surface area contributed by atoms with Crippen molar-refractivity contribution in [3.63, 3.8) is 0 Å². The molecule has 3 rings (SSSR count). The van der Waals surface area contributed by atoms with Gasteiger partial charge in [-0.25, -0.2) is 4.98 Å². The molecule has 0 aliphatic rings. The number of aryl methyl sites for hydroxylation is 1. The second-order valence-electron chi connectivity index (χ2n) is 3.97. The summed E-state index contributed by atoms with van der Waals surface area (Å²) < 4.78 is 7.79. The lowest BCUT2D eigenvalue weighted by atomic mass is 10.2. The third-order valence-corrected chi connectivity index (χ3v) is 3.15. The molecule has 19 heavy (non-hydrogen) atoms. The topological polar surface area (TPSA) is 77.0 Å². The molecule has 1 aromatic carbocycles. The minimum absolute atomic E-state index is 0.0865. The molecule has 0 saturated carbocycles. The van der Waals surface area contributed by atoms with Gasteiger partial charge in [0, 0.05) is 11.5 Å². The van der Waals surface area contributed by atoms with Crippen molar-refractivity contribution in [2.75, 3.05) is 0 Å². The van der Waals surface area contributed by atoms with E-state index in [9.17, 15) is 5.11 Å². The van der Waals surface area contributed by atoms with Crippen molar-refractivity contribution in [2.24, 2.45) is 7.05 Å². The molecule has 0 spiro atoms. The summed E-state index contributed by atoms with van der Waals surface area (Å²) >= 11 is 3.34. The Morgan fingerprint density at radius 1 is 1.37 bits per heavy atom. The number of nitrogens with zero attached hydrogens (tertiary/aromatic N) is 4. The molecule has 96 valence electrons. The summed E-state index contributed by atoms with van der Waals surface area (Å²) in [7, 11) is 1.84. The molecule has 0 saturated heterocycles. The van der Waals surface area contributed by atoms with Crippen LogP contribution in [0.3, 0.4) is 0 Å². The standard InChI is InChI=1S/C12H9BrN4O2/c1-17-6-14-5-9(17)11-15-12(19-16-11)8-4-7(13)2-3-10(8)18/h2-6,18H,1H3. The molecule has 0 bridgehead atoms. The minimum atomic E-state index is 0.0865. The van der Waals surface area contributed by atoms with Gasteiger partial charge in [0.15, 0.2) is 0 Å². The van der Waals surface area contributed by atoms with Gasteiger partial charge in [0.05, 0.1) is 18.1 Å². The van der Waals surface area contributed by atoms with Gasteiger partial charge in [-0.1, -0.05) is 21.1 Å². The molecule has 3 aromatic rings. The van der Waals surface area contributed by atoms with E-state index in [1.54, 1.807) is 35.3 Å². The number of halogens is 1. The Balaban J connectivity index is 2.06. The first-order valence-electron chi connectivity index (χ1n) is 5.44. The summed E-state index contributed by atoms with van der Waals surface area (Å²) in [5.74, 6) is 0.771. The van der Waals surface area contributed by atoms with E-state index in [1.807, 2.05) is 7.05 Å². The first-order chi connectivity index (χ1) is 9.15. The fourth-order valence-corrected chi connectivity index (χ4v) is 2.05. The number of phenols is 1. The quantitative estimate of drug-likeness (QED) is 0.785. The van der Waals surface area contributed by atoms with Crippen LogP contribution in [-0.2, 0) is 7.05 Å². The molecule has 7 heteroatoms. The Morgan fingerprint density at radius 2 is 2.21 bits per heavy atom. The zero-order chi connectivity index (χ0) is 13.4. The van der Waals surface area contributed by atoms with Gasteiger partial charge in [0.25, 0.3) is 5.89 Å². The first-order valence-corrected chi connectivity index (χ1v) is 6.24. The maximum Gasteiger partial charge on any atom is 0.262 e. The molecule has 2 aromatic heterocycles. The van der Waals surface area contributed by atoms with Crippen LogP contribution in [0.1, 0.15) is 0 Å². The van der Waals surface area contributed by atoms with Crippen molar-refractivity contribution >= 4 is 15.9 Å². The average molecular weight is 321 g/mol. The Kier molecular flexibility index (Phi) is 2.83. The highest BCUT2D eigenvalue weighted by molar-refractivity contribution is 9.10. The van der Waals surface area contributed by atoms with Crippen LogP contribution >= 0.6 is 15.9 Å². The number of hydrogen-bond donors (Lipinski definition) is 1. The molecular formula is C12H9BrN4O2. The molecule has 0 radical (unpaired) electrons. The normalized spacial score (nSPS) is 10.8. The van der Waals surface area contributed by atoms with Gasteiger partial charge in [-0.05, 0) is 18.2 Å². The maximum absolute atomic E-state index is 9.82. The highest BCUT2D eigenvalue weighted by atomic mass is 79.9. The van der Waals surface area contributed by atoms with Crippen LogP contribution in [0.4, 0.5) is 0 Å². The zero-order valence-corrected chi connectivity index (χ0v) is 11.5. The van der Waals surface area contributed by atoms with Crippen molar-refractivity contribution in [1.82, 2.24) is 19.7 Å². The van der Waals surface area contributed by atoms with Gasteiger partial charge in [-0.15, -0.1) is 0 Å². The summed E-state index contributed by atoms with van der Waals surface area (Å²) in [4.78, 5) is 8.26. The molecule has 0 unspecified atom stereocenters. The summed E-state index contributed by atoms with van der Waals surface area (Å²) in [5.41, 5.74) is 1.22. The molecule has 0 fully saturated rings. The van der Waals surface area contributed by atoms with Gasteiger partial charge in [0.1, 0.15) is 11.4 Å². The third kappa shape index (κ3) is 2.12. The van der Waals surface area contributed by atoms with Crippen molar-refractivity contribution in [3.05, 3.63) is 35.2 Å². The number of rotatable bonds is 2. The summed E-state index contributed by atoms with van der Waals surface area (Å²) in [6.07, 6.45) is 3.30. The fraction of sp³-hybridized carbons (Fsp3) is 0.0833. The number of hydrogen-bond acceptors (Lipinski definition) is 5. The van der Waals surface area contributed by atoms with Crippen molar-refractivity contribution in [2.45, 2.75) is 0 Å². The van der Waals surface area contributed by atoms with Crippen LogP contribution in [0, 0.1) is 0 Å². The lowest BCUT2D eigenvalue weighted by molar-refractivity contribution is 0.425. The second-order valence-corrected chi connectivity index (χ2v) is 4.89. The fourth-order valence-electron chi connectivity index (χ4n) is 1.69. The predicted octanol–water partition coefficient (Wildman–Crippen LogP) is 2.61. The van der Waals surface area contributed by atoms with Crippen molar-refractivity contribution in [3.8, 4) is 28.7 Å². The minimum Gasteiger partial charge on any atom is -0.507 e. The van der Waals surface area contributed by atoms with Crippen LogP contribution in [0.25, 0.3) is 23.0 Å². The maximum atomic E-state index is 9.82. The van der Waals surface area contributed by atoms with Crippen molar-refractivity contribution < 1.29 is 9.63 Å². The SMILES string of the molecule is Cn1cncc1-c1noc(-c2cc(Br)ccc2O)n1. The number of phenolic OH excluding ortho intramolecular Hbond substituents is 1. The van der Waals surface area contributed by atoms with Crippen LogP contribution in [0.2, 0.25) is 0 Å². The molecule has 1 N–H and O–H groups in total. The van der Waals surface area contributed by atoms with Gasteiger partial charge in [-0.3, -0.25) is 0 Å². The third-order valence-electron chi connectivity index (χ3n) is 2.66. The Morgan fingerprint density at radius 3 is 2.95 bits per heavy atom. The Hall–Kier alpha value is -2.15. The highest BCUT2D eigenvalue weighted by Crippen LogP contribution is 2.31. The van der Waals surface area contributed by atoms with E-state index >= 15 is 0 Å². The molecule has 0 aliphatic carbocycles. The van der Waals surface area contributed by atoms with E-state index in [1.165, 1.54) is 0 Å². The van der Waals surface area contributed by atoms with E-state index in [0.717, 1.165) is 10.2 Å². The molecule has 0 amide bonds. The van der Waals surface area contributed by atoms with Crippen LogP contribution in [0.5, 0.6) is 5.75 Å². The summed E-state index contributed by atoms with van der Waals surface area (Å²) in [5, 5.41) is 13.7. The molecular weight excluding hydrogens is 312 g/mol. The molecule has 6 nitrogen and oxygen atoms in total. The van der Waals surface area contributed by atoms with E-state index in [4.69, 9.17) is 4.52 Å². The van der Waals surface area contributed by atoms with E-state index in [2.05, 4.69) is 31.1 Å². The first kappa shape index (κ1) is 11.9. The molecule has 0 aliphatic heterocycles. The lowest BCUT2D eigenvalue weighted by Crippen LogP contribution is -1.90. The number of aromatic hydroxyl groups is 1. The van der Waals surface area contributed by atoms with Crippen LogP contribution in [-0.4, -0.2) is 24.8 Å². The van der Waals surface area contributed by atoms with E-state index < -0.39 is 0 Å². The zero-order valence-electron chi connectivity index (χ0n) is 9.91. The van der Waals surface area contributed by atoms with Crippen LogP contribution in [0.15, 0.2) is 39.7 Å². The smallest absolute Gasteiger partial charge is 0.262 e. The molecule has 2 heterocycles. The molecule has 0 atom stereocenters. The number of imidazole rings is 1. The van der Waals surface area contributed by atoms with Gasteiger partial charge < -0.3 is 14.2 Å². The summed E-state index contributed by atoms with van der Waals surface area (Å²) in [6, 6.07) is 5.01. The lowest BCUT2D eigenvalue weighted by Gasteiger charge is -1.99. The number of benzene rings is 1. The van der Waals surface area contributed by atoms with Gasteiger partial charge >= 0.3 is 0 Å². The highest BCUT2D eigenvalue weighted by Gasteiger charge is 2.15. The van der Waals surface area contributed by atoms with E-state index in [0.29, 0.717) is 11.4 Å². The Bertz CT molecular complexity index is 735. The van der Waals surface area contributed by atoms with E-state index in [-0.39, 0.29) is 11.6 Å². The number of aromatic nitrogens is 4. The summed E-state index contributed by atoms with van der Waals surface area (Å²) in [6.45, 7) is 0. The van der Waals surface area contributed by atoms with Crippen molar-refractivity contribution in [1.29, 1.82) is 0 Å². The second kappa shape index (κ2) is 4.51. The monoisotopic (exact) mass is 320 g/mol. The predicted molar refractivity (Wildman–Crippen MR) is 71.3 cm³/mol. The van der Waals surface area contributed by atoms with Gasteiger partial charge in [-0.2, -0.15) is 4.98 Å². The van der Waals surface area contributed by atoms with Crippen LogP contribution < -0.4 is 0 Å². The average Bonchev–Trinajstić information content (AvgIpc) is 3.00. The largest absolute Gasteiger partial charge is 0.507 e. The Labute approximate surface area is 116 Å².